The number of ether oxygens (including phenoxy) is 2. The summed E-state index contributed by atoms with van der Waals surface area (Å²) in [5, 5.41) is 3.29. The molecule has 1 rings (SSSR count). The molecule has 0 aromatic carbocycles. The molecule has 0 radical (unpaired) electrons. The molecular weight excluding hydrogens is 244 g/mol. The lowest BCUT2D eigenvalue weighted by atomic mass is 10.2. The summed E-state index contributed by atoms with van der Waals surface area (Å²) in [6, 6.07) is 0.000285. The fourth-order valence-corrected chi connectivity index (χ4v) is 2.34. The molecule has 0 aliphatic carbocycles. The molecular formula is C14H28N2O3. The van der Waals surface area contributed by atoms with Gasteiger partial charge >= 0.3 is 5.97 Å². The summed E-state index contributed by atoms with van der Waals surface area (Å²) in [4.78, 5) is 14.3. The van der Waals surface area contributed by atoms with Crippen molar-refractivity contribution >= 4 is 5.97 Å². The number of nitrogens with one attached hydrogen (secondary N) is 1. The van der Waals surface area contributed by atoms with E-state index in [1.54, 1.807) is 0 Å². The third kappa shape index (κ3) is 6.36. The van der Waals surface area contributed by atoms with E-state index in [0.717, 1.165) is 26.1 Å². The topological polar surface area (TPSA) is 50.8 Å². The lowest BCUT2D eigenvalue weighted by molar-refractivity contribution is -0.146. The van der Waals surface area contributed by atoms with Crippen LogP contribution in [0.3, 0.4) is 0 Å². The Kier molecular flexibility index (Phi) is 7.34. The predicted molar refractivity (Wildman–Crippen MR) is 75.2 cm³/mol. The maximum atomic E-state index is 12.0. The van der Waals surface area contributed by atoms with Crippen LogP contribution in [0.2, 0.25) is 0 Å². The van der Waals surface area contributed by atoms with Crippen LogP contribution in [0, 0.1) is 0 Å². The van der Waals surface area contributed by atoms with Crippen LogP contribution in [0.15, 0.2) is 0 Å². The number of hydrogen-bond acceptors (Lipinski definition) is 5. The summed E-state index contributed by atoms with van der Waals surface area (Å²) in [6.07, 6.45) is 1.24. The first-order chi connectivity index (χ1) is 9.02. The molecule has 0 spiro atoms. The highest BCUT2D eigenvalue weighted by Gasteiger charge is 2.25. The number of hydrogen-bond donors (Lipinski definition) is 1. The van der Waals surface area contributed by atoms with Gasteiger partial charge < -0.3 is 14.8 Å². The first-order valence-corrected chi connectivity index (χ1v) is 7.29. The Labute approximate surface area is 116 Å². The van der Waals surface area contributed by atoms with Crippen molar-refractivity contribution in [3.8, 4) is 0 Å². The number of carbonyl (C=O) groups excluding carboxylic acids is 1. The van der Waals surface area contributed by atoms with Crippen LogP contribution in [0.1, 0.15) is 34.1 Å². The zero-order chi connectivity index (χ0) is 14.3. The van der Waals surface area contributed by atoms with Crippen LogP contribution in [0.25, 0.3) is 0 Å². The maximum absolute atomic E-state index is 12.0. The summed E-state index contributed by atoms with van der Waals surface area (Å²) in [5.74, 6) is -0.158. The number of rotatable bonds is 6. The molecule has 1 heterocycles. The summed E-state index contributed by atoms with van der Waals surface area (Å²) in [6.45, 7) is 11.8. The van der Waals surface area contributed by atoms with Crippen LogP contribution in [0.5, 0.6) is 0 Å². The van der Waals surface area contributed by atoms with Crippen molar-refractivity contribution in [3.63, 3.8) is 0 Å². The fraction of sp³-hybridized carbons (Fsp3) is 0.929. The molecule has 5 heteroatoms. The van der Waals surface area contributed by atoms with Crippen molar-refractivity contribution in [2.75, 3.05) is 32.8 Å². The van der Waals surface area contributed by atoms with Crippen LogP contribution < -0.4 is 5.32 Å². The van der Waals surface area contributed by atoms with Crippen molar-refractivity contribution in [1.29, 1.82) is 0 Å². The Hall–Kier alpha value is -0.650. The third-order valence-electron chi connectivity index (χ3n) is 3.08. The van der Waals surface area contributed by atoms with Crippen molar-refractivity contribution in [1.82, 2.24) is 10.2 Å². The SMILES string of the molecule is CCOC(=O)C(CN1CCCOC(C)C1)NC(C)C. The van der Waals surface area contributed by atoms with Crippen LogP contribution in [0.4, 0.5) is 0 Å². The molecule has 0 aromatic rings. The normalized spacial score (nSPS) is 23.1. The van der Waals surface area contributed by atoms with E-state index in [1.807, 2.05) is 20.8 Å². The first-order valence-electron chi connectivity index (χ1n) is 7.29. The molecule has 0 bridgehead atoms. The Morgan fingerprint density at radius 2 is 2.26 bits per heavy atom. The van der Waals surface area contributed by atoms with Gasteiger partial charge in [-0.15, -0.1) is 0 Å². The highest BCUT2D eigenvalue weighted by Crippen LogP contribution is 2.07. The van der Waals surface area contributed by atoms with Crippen molar-refractivity contribution in [3.05, 3.63) is 0 Å². The highest BCUT2D eigenvalue weighted by molar-refractivity contribution is 5.76. The molecule has 1 saturated heterocycles. The average molecular weight is 272 g/mol. The summed E-state index contributed by atoms with van der Waals surface area (Å²) in [7, 11) is 0. The van der Waals surface area contributed by atoms with Crippen molar-refractivity contribution in [2.24, 2.45) is 0 Å². The average Bonchev–Trinajstić information content (AvgIpc) is 2.52. The van der Waals surface area contributed by atoms with E-state index >= 15 is 0 Å². The van der Waals surface area contributed by atoms with Gasteiger partial charge in [0.15, 0.2) is 0 Å². The van der Waals surface area contributed by atoms with E-state index in [9.17, 15) is 4.79 Å². The van der Waals surface area contributed by atoms with E-state index in [2.05, 4.69) is 17.1 Å². The van der Waals surface area contributed by atoms with Gasteiger partial charge in [-0.1, -0.05) is 13.8 Å². The lowest BCUT2D eigenvalue weighted by Gasteiger charge is -2.27. The third-order valence-corrected chi connectivity index (χ3v) is 3.08. The Morgan fingerprint density at radius 3 is 2.89 bits per heavy atom. The van der Waals surface area contributed by atoms with Crippen LogP contribution >= 0.6 is 0 Å². The van der Waals surface area contributed by atoms with Gasteiger partial charge in [0, 0.05) is 32.3 Å². The predicted octanol–water partition coefficient (Wildman–Crippen LogP) is 1.03. The van der Waals surface area contributed by atoms with Gasteiger partial charge in [-0.3, -0.25) is 9.69 Å². The smallest absolute Gasteiger partial charge is 0.324 e. The quantitative estimate of drug-likeness (QED) is 0.732. The molecule has 0 saturated carbocycles. The minimum atomic E-state index is -0.259. The molecule has 1 aliphatic rings. The van der Waals surface area contributed by atoms with E-state index in [1.165, 1.54) is 0 Å². The van der Waals surface area contributed by atoms with Crippen molar-refractivity contribution < 1.29 is 14.3 Å². The van der Waals surface area contributed by atoms with Crippen LogP contribution in [-0.4, -0.2) is 61.9 Å². The number of carbonyl (C=O) groups is 1. The fourth-order valence-electron chi connectivity index (χ4n) is 2.34. The molecule has 1 fully saturated rings. The second kappa shape index (κ2) is 8.51. The molecule has 112 valence electrons. The molecule has 0 aromatic heterocycles. The van der Waals surface area contributed by atoms with E-state index in [0.29, 0.717) is 13.2 Å². The Balaban J connectivity index is 2.56. The van der Waals surface area contributed by atoms with Crippen LogP contribution in [-0.2, 0) is 14.3 Å². The largest absolute Gasteiger partial charge is 0.465 e. The second-order valence-corrected chi connectivity index (χ2v) is 5.42. The minimum Gasteiger partial charge on any atom is -0.465 e. The Morgan fingerprint density at radius 1 is 1.53 bits per heavy atom. The Bertz CT molecular complexity index is 271. The number of nitrogens with zero attached hydrogens (tertiary/aromatic N) is 1. The highest BCUT2D eigenvalue weighted by atomic mass is 16.5. The van der Waals surface area contributed by atoms with Gasteiger partial charge in [0.25, 0.3) is 0 Å². The van der Waals surface area contributed by atoms with E-state index < -0.39 is 0 Å². The summed E-state index contributed by atoms with van der Waals surface area (Å²) < 4.78 is 10.8. The van der Waals surface area contributed by atoms with Gasteiger partial charge in [0.1, 0.15) is 6.04 Å². The maximum Gasteiger partial charge on any atom is 0.324 e. The summed E-state index contributed by atoms with van der Waals surface area (Å²) in [5.41, 5.74) is 0. The monoisotopic (exact) mass is 272 g/mol. The zero-order valence-corrected chi connectivity index (χ0v) is 12.6. The molecule has 1 aliphatic heterocycles. The first kappa shape index (κ1) is 16.4. The molecule has 1 N–H and O–H groups in total. The van der Waals surface area contributed by atoms with Crippen molar-refractivity contribution in [2.45, 2.75) is 52.3 Å². The van der Waals surface area contributed by atoms with Gasteiger partial charge in [-0.05, 0) is 20.3 Å². The summed E-state index contributed by atoms with van der Waals surface area (Å²) >= 11 is 0. The van der Waals surface area contributed by atoms with Gasteiger partial charge in [0.05, 0.1) is 12.7 Å². The minimum absolute atomic E-state index is 0.158. The zero-order valence-electron chi connectivity index (χ0n) is 12.6. The molecule has 0 amide bonds. The standard InChI is InChI=1S/C14H28N2O3/c1-5-18-14(17)13(15-11(2)3)10-16-7-6-8-19-12(4)9-16/h11-13,15H,5-10H2,1-4H3. The van der Waals surface area contributed by atoms with E-state index in [-0.39, 0.29) is 24.2 Å². The second-order valence-electron chi connectivity index (χ2n) is 5.42. The van der Waals surface area contributed by atoms with Gasteiger partial charge in [0.2, 0.25) is 0 Å². The van der Waals surface area contributed by atoms with E-state index in [4.69, 9.17) is 9.47 Å². The molecule has 5 nitrogen and oxygen atoms in total. The molecule has 19 heavy (non-hydrogen) atoms. The van der Waals surface area contributed by atoms with Gasteiger partial charge in [-0.2, -0.15) is 0 Å². The lowest BCUT2D eigenvalue weighted by Crippen LogP contribution is -2.50. The number of esters is 1. The molecule has 2 unspecified atom stereocenters. The molecule has 2 atom stereocenters. The van der Waals surface area contributed by atoms with Gasteiger partial charge in [-0.25, -0.2) is 0 Å².